The van der Waals surface area contributed by atoms with Crippen LogP contribution in [-0.4, -0.2) is 60.9 Å². The first kappa shape index (κ1) is 21.3. The third kappa shape index (κ3) is 5.40. The lowest BCUT2D eigenvalue weighted by Crippen LogP contribution is -2.43. The number of ether oxygens (including phenoxy) is 1. The molecular formula is C23H27N3O2S2. The number of morpholine rings is 1. The highest BCUT2D eigenvalue weighted by atomic mass is 32.2. The second-order valence-electron chi connectivity index (χ2n) is 7.25. The fourth-order valence-electron chi connectivity index (χ4n) is 3.43. The molecule has 0 radical (unpaired) electrons. The number of fused-ring (bicyclic) bond motifs is 1. The number of thiazole rings is 1. The van der Waals surface area contributed by atoms with Gasteiger partial charge in [0.15, 0.2) is 5.13 Å². The van der Waals surface area contributed by atoms with E-state index < -0.39 is 0 Å². The van der Waals surface area contributed by atoms with Crippen molar-refractivity contribution >= 4 is 44.4 Å². The van der Waals surface area contributed by atoms with Crippen LogP contribution in [0.2, 0.25) is 0 Å². The Morgan fingerprint density at radius 1 is 1.20 bits per heavy atom. The van der Waals surface area contributed by atoms with E-state index in [1.807, 2.05) is 35.2 Å². The number of hydrogen-bond donors (Lipinski definition) is 0. The van der Waals surface area contributed by atoms with Crippen LogP contribution in [-0.2, 0) is 16.0 Å². The molecule has 1 aliphatic rings. The summed E-state index contributed by atoms with van der Waals surface area (Å²) >= 11 is 3.19. The van der Waals surface area contributed by atoms with Gasteiger partial charge in [0, 0.05) is 31.1 Å². The molecule has 1 aromatic heterocycles. The maximum absolute atomic E-state index is 13.2. The molecule has 30 heavy (non-hydrogen) atoms. The van der Waals surface area contributed by atoms with E-state index in [2.05, 4.69) is 30.0 Å². The van der Waals surface area contributed by atoms with Crippen LogP contribution >= 0.6 is 23.1 Å². The number of anilines is 1. The number of carbonyl (C=O) groups is 1. The summed E-state index contributed by atoms with van der Waals surface area (Å²) in [4.78, 5) is 23.4. The molecule has 0 aliphatic carbocycles. The van der Waals surface area contributed by atoms with Crippen molar-refractivity contribution in [2.45, 2.75) is 18.2 Å². The number of benzene rings is 2. The van der Waals surface area contributed by atoms with E-state index in [-0.39, 0.29) is 5.91 Å². The first-order valence-electron chi connectivity index (χ1n) is 10.4. The van der Waals surface area contributed by atoms with Crippen molar-refractivity contribution in [1.29, 1.82) is 0 Å². The Kier molecular flexibility index (Phi) is 7.38. The Balaban J connectivity index is 1.51. The molecule has 1 aliphatic heterocycles. The number of hydrogen-bond acceptors (Lipinski definition) is 6. The van der Waals surface area contributed by atoms with E-state index in [9.17, 15) is 4.79 Å². The average Bonchev–Trinajstić information content (AvgIpc) is 3.22. The van der Waals surface area contributed by atoms with Gasteiger partial charge in [-0.2, -0.15) is 0 Å². The van der Waals surface area contributed by atoms with Crippen LogP contribution in [0.15, 0.2) is 53.4 Å². The predicted molar refractivity (Wildman–Crippen MR) is 126 cm³/mol. The van der Waals surface area contributed by atoms with Crippen LogP contribution in [0.3, 0.4) is 0 Å². The van der Waals surface area contributed by atoms with Crippen molar-refractivity contribution < 1.29 is 9.53 Å². The quantitative estimate of drug-likeness (QED) is 0.487. The fourth-order valence-corrected chi connectivity index (χ4v) is 5.29. The molecule has 5 nitrogen and oxygen atoms in total. The number of carbonyl (C=O) groups excluding carboxylic acids is 1. The molecule has 0 unspecified atom stereocenters. The fraction of sp³-hybridized carbons (Fsp3) is 0.391. The van der Waals surface area contributed by atoms with Gasteiger partial charge in [-0.05, 0) is 36.2 Å². The van der Waals surface area contributed by atoms with E-state index in [1.165, 1.54) is 5.56 Å². The van der Waals surface area contributed by atoms with Crippen molar-refractivity contribution in [1.82, 2.24) is 9.88 Å². The molecule has 0 spiro atoms. The van der Waals surface area contributed by atoms with E-state index in [0.29, 0.717) is 12.3 Å². The van der Waals surface area contributed by atoms with Gasteiger partial charge in [0.2, 0.25) is 5.91 Å². The molecule has 2 heterocycles. The number of aryl methyl sites for hydroxylation is 1. The lowest BCUT2D eigenvalue weighted by Gasteiger charge is -2.29. The standard InChI is InChI=1S/C23H27N3O2S2/c1-2-18-8-9-20-21(16-18)30-23(24-20)26(11-10-25-12-14-28-15-13-25)22(27)17-29-19-6-4-3-5-7-19/h3-9,16H,2,10-15,17H2,1H3. The minimum Gasteiger partial charge on any atom is -0.379 e. The van der Waals surface area contributed by atoms with Gasteiger partial charge in [0.25, 0.3) is 0 Å². The van der Waals surface area contributed by atoms with Gasteiger partial charge in [0.1, 0.15) is 0 Å². The van der Waals surface area contributed by atoms with Crippen molar-refractivity contribution in [2.75, 3.05) is 50.0 Å². The smallest absolute Gasteiger partial charge is 0.239 e. The van der Waals surface area contributed by atoms with Gasteiger partial charge >= 0.3 is 0 Å². The van der Waals surface area contributed by atoms with Crippen LogP contribution < -0.4 is 4.90 Å². The first-order chi connectivity index (χ1) is 14.7. The molecule has 2 aromatic carbocycles. The maximum atomic E-state index is 13.2. The molecule has 0 bridgehead atoms. The minimum atomic E-state index is 0.104. The molecule has 1 amide bonds. The molecule has 7 heteroatoms. The van der Waals surface area contributed by atoms with Crippen molar-refractivity contribution in [2.24, 2.45) is 0 Å². The van der Waals surface area contributed by atoms with Gasteiger partial charge in [-0.25, -0.2) is 4.98 Å². The summed E-state index contributed by atoms with van der Waals surface area (Å²) in [5.41, 5.74) is 2.26. The molecule has 158 valence electrons. The van der Waals surface area contributed by atoms with Gasteiger partial charge in [-0.3, -0.25) is 14.6 Å². The lowest BCUT2D eigenvalue weighted by atomic mass is 10.2. The molecule has 0 atom stereocenters. The van der Waals surface area contributed by atoms with E-state index >= 15 is 0 Å². The zero-order valence-corrected chi connectivity index (χ0v) is 18.9. The minimum absolute atomic E-state index is 0.104. The third-order valence-corrected chi connectivity index (χ3v) is 7.27. The second kappa shape index (κ2) is 10.4. The SMILES string of the molecule is CCc1ccc2nc(N(CCN3CCOCC3)C(=O)CSc3ccccc3)sc2c1. The Morgan fingerprint density at radius 2 is 2.00 bits per heavy atom. The maximum Gasteiger partial charge on any atom is 0.239 e. The number of amides is 1. The Hall–Kier alpha value is -1.93. The summed E-state index contributed by atoms with van der Waals surface area (Å²) in [7, 11) is 0. The number of nitrogens with zero attached hydrogens (tertiary/aromatic N) is 3. The van der Waals surface area contributed by atoms with E-state index in [0.717, 1.165) is 59.5 Å². The van der Waals surface area contributed by atoms with Crippen LogP contribution in [0.25, 0.3) is 10.2 Å². The summed E-state index contributed by atoms with van der Waals surface area (Å²) in [5, 5.41) is 0.796. The zero-order valence-electron chi connectivity index (χ0n) is 17.3. The van der Waals surface area contributed by atoms with Crippen LogP contribution in [0, 0.1) is 0 Å². The molecule has 0 saturated carbocycles. The third-order valence-electron chi connectivity index (χ3n) is 5.23. The van der Waals surface area contributed by atoms with Crippen LogP contribution in [0.5, 0.6) is 0 Å². The largest absolute Gasteiger partial charge is 0.379 e. The molecule has 1 fully saturated rings. The Morgan fingerprint density at radius 3 is 2.77 bits per heavy atom. The number of thioether (sulfide) groups is 1. The van der Waals surface area contributed by atoms with Crippen molar-refractivity contribution in [3.63, 3.8) is 0 Å². The van der Waals surface area contributed by atoms with Crippen LogP contribution in [0.1, 0.15) is 12.5 Å². The summed E-state index contributed by atoms with van der Waals surface area (Å²) in [6.07, 6.45) is 0.997. The first-order valence-corrected chi connectivity index (χ1v) is 12.2. The summed E-state index contributed by atoms with van der Waals surface area (Å²) in [6, 6.07) is 16.5. The summed E-state index contributed by atoms with van der Waals surface area (Å²) < 4.78 is 6.59. The van der Waals surface area contributed by atoms with Gasteiger partial charge in [0.05, 0.1) is 29.2 Å². The zero-order chi connectivity index (χ0) is 20.8. The van der Waals surface area contributed by atoms with Gasteiger partial charge < -0.3 is 4.74 Å². The number of rotatable bonds is 8. The normalized spacial score (nSPS) is 14.8. The molecule has 0 N–H and O–H groups in total. The number of aromatic nitrogens is 1. The Labute approximate surface area is 186 Å². The van der Waals surface area contributed by atoms with E-state index in [1.54, 1.807) is 23.1 Å². The highest BCUT2D eigenvalue weighted by Gasteiger charge is 2.21. The van der Waals surface area contributed by atoms with Crippen molar-refractivity contribution in [3.8, 4) is 0 Å². The van der Waals surface area contributed by atoms with Gasteiger partial charge in [-0.1, -0.05) is 42.5 Å². The monoisotopic (exact) mass is 441 g/mol. The van der Waals surface area contributed by atoms with Crippen molar-refractivity contribution in [3.05, 3.63) is 54.1 Å². The van der Waals surface area contributed by atoms with Crippen LogP contribution in [0.4, 0.5) is 5.13 Å². The topological polar surface area (TPSA) is 45.7 Å². The lowest BCUT2D eigenvalue weighted by molar-refractivity contribution is -0.116. The average molecular weight is 442 g/mol. The molecular weight excluding hydrogens is 414 g/mol. The summed E-state index contributed by atoms with van der Waals surface area (Å²) in [5.74, 6) is 0.510. The molecule has 3 aromatic rings. The Bertz CT molecular complexity index is 971. The van der Waals surface area contributed by atoms with E-state index in [4.69, 9.17) is 9.72 Å². The van der Waals surface area contributed by atoms with Gasteiger partial charge in [-0.15, -0.1) is 11.8 Å². The second-order valence-corrected chi connectivity index (χ2v) is 9.31. The highest BCUT2D eigenvalue weighted by Crippen LogP contribution is 2.30. The molecule has 4 rings (SSSR count). The molecule has 1 saturated heterocycles. The predicted octanol–water partition coefficient (Wildman–Crippen LogP) is 4.32. The highest BCUT2D eigenvalue weighted by molar-refractivity contribution is 8.00. The summed E-state index contributed by atoms with van der Waals surface area (Å²) in [6.45, 7) is 7.00.